The van der Waals surface area contributed by atoms with Crippen LogP contribution in [0.5, 0.6) is 0 Å². The highest BCUT2D eigenvalue weighted by atomic mass is 32.1. The zero-order chi connectivity index (χ0) is 31.3. The zero-order valence-electron chi connectivity index (χ0n) is 24.5. The fourth-order valence-electron chi connectivity index (χ4n) is 4.99. The van der Waals surface area contributed by atoms with E-state index in [0.717, 1.165) is 26.4 Å². The molecular weight excluding hydrogens is 579 g/mol. The molecule has 1 unspecified atom stereocenters. The van der Waals surface area contributed by atoms with Gasteiger partial charge in [0.1, 0.15) is 24.6 Å². The van der Waals surface area contributed by atoms with Gasteiger partial charge < -0.3 is 23.7 Å². The van der Waals surface area contributed by atoms with Gasteiger partial charge >= 0.3 is 23.9 Å². The van der Waals surface area contributed by atoms with Crippen molar-refractivity contribution >= 4 is 35.2 Å². The highest BCUT2D eigenvalue weighted by Gasteiger charge is 2.53. The molecule has 0 aliphatic carbocycles. The molecule has 0 saturated carbocycles. The normalized spacial score (nSPS) is 20.2. The van der Waals surface area contributed by atoms with Gasteiger partial charge in [0.05, 0.1) is 0 Å². The Bertz CT molecular complexity index is 1480. The van der Waals surface area contributed by atoms with E-state index < -0.39 is 54.4 Å². The third-order valence-electron chi connectivity index (χ3n) is 6.85. The van der Waals surface area contributed by atoms with Crippen LogP contribution in [-0.4, -0.2) is 54.9 Å². The molecule has 3 aromatic rings. The first-order valence-corrected chi connectivity index (χ1v) is 14.5. The van der Waals surface area contributed by atoms with Gasteiger partial charge in [0.15, 0.2) is 18.3 Å². The van der Waals surface area contributed by atoms with Gasteiger partial charge in [0.2, 0.25) is 0 Å². The van der Waals surface area contributed by atoms with E-state index >= 15 is 0 Å². The maximum absolute atomic E-state index is 13.4. The minimum absolute atomic E-state index is 0.294. The lowest BCUT2D eigenvalue weighted by Crippen LogP contribution is -2.46. The quantitative estimate of drug-likeness (QED) is 0.224. The average molecular weight is 613 g/mol. The van der Waals surface area contributed by atoms with Crippen LogP contribution in [0.4, 0.5) is 4.39 Å². The van der Waals surface area contributed by atoms with Crippen LogP contribution in [0.1, 0.15) is 55.4 Å². The summed E-state index contributed by atoms with van der Waals surface area (Å²) in [6, 6.07) is 16.0. The lowest BCUT2D eigenvalue weighted by Gasteiger charge is -2.27. The molecule has 0 bridgehead atoms. The number of carbonyl (C=O) groups is 4. The highest BCUT2D eigenvalue weighted by molar-refractivity contribution is 7.15. The largest absolute Gasteiger partial charge is 0.462 e. The van der Waals surface area contributed by atoms with Crippen molar-refractivity contribution in [2.24, 2.45) is 0 Å². The smallest absolute Gasteiger partial charge is 0.303 e. The molecule has 1 aliphatic heterocycles. The molecule has 228 valence electrons. The van der Waals surface area contributed by atoms with Crippen molar-refractivity contribution < 1.29 is 47.3 Å². The molecule has 1 aliphatic rings. The lowest BCUT2D eigenvalue weighted by atomic mass is 9.95. The van der Waals surface area contributed by atoms with Crippen LogP contribution >= 0.6 is 11.3 Å². The summed E-state index contributed by atoms with van der Waals surface area (Å²) in [7, 11) is 0. The molecule has 0 N–H and O–H groups in total. The Morgan fingerprint density at radius 1 is 0.860 bits per heavy atom. The van der Waals surface area contributed by atoms with Crippen LogP contribution in [0.3, 0.4) is 0 Å². The fourth-order valence-corrected chi connectivity index (χ4v) is 6.03. The number of benzene rings is 2. The molecule has 0 radical (unpaired) electrons. The molecule has 1 fully saturated rings. The maximum atomic E-state index is 13.4. The van der Waals surface area contributed by atoms with E-state index in [4.69, 9.17) is 23.7 Å². The summed E-state index contributed by atoms with van der Waals surface area (Å²) in [4.78, 5) is 49.9. The Labute approximate surface area is 252 Å². The zero-order valence-corrected chi connectivity index (χ0v) is 25.3. The van der Waals surface area contributed by atoms with Gasteiger partial charge in [-0.2, -0.15) is 0 Å². The molecule has 0 spiro atoms. The van der Waals surface area contributed by atoms with Gasteiger partial charge in [-0.05, 0) is 53.4 Å². The van der Waals surface area contributed by atoms with Crippen molar-refractivity contribution in [2.75, 3.05) is 6.61 Å². The van der Waals surface area contributed by atoms with E-state index in [0.29, 0.717) is 12.0 Å². The summed E-state index contributed by atoms with van der Waals surface area (Å²) in [5.74, 6) is -2.85. The van der Waals surface area contributed by atoms with Crippen molar-refractivity contribution in [3.8, 4) is 10.4 Å². The summed E-state index contributed by atoms with van der Waals surface area (Å²) in [6.45, 7) is 6.45. The lowest BCUT2D eigenvalue weighted by molar-refractivity contribution is -0.176. The van der Waals surface area contributed by atoms with Crippen molar-refractivity contribution in [1.82, 2.24) is 0 Å². The van der Waals surface area contributed by atoms with E-state index in [-0.39, 0.29) is 12.4 Å². The van der Waals surface area contributed by atoms with Crippen molar-refractivity contribution in [2.45, 2.75) is 71.6 Å². The number of halogens is 1. The number of hydrogen-bond donors (Lipinski definition) is 0. The summed E-state index contributed by atoms with van der Waals surface area (Å²) >= 11 is 1.60. The van der Waals surface area contributed by atoms with Crippen molar-refractivity contribution in [1.29, 1.82) is 0 Å². The molecule has 1 aromatic heterocycles. The van der Waals surface area contributed by atoms with Crippen molar-refractivity contribution in [3.63, 3.8) is 0 Å². The summed E-state index contributed by atoms with van der Waals surface area (Å²) < 4.78 is 41.4. The Hall–Kier alpha value is -4.09. The third kappa shape index (κ3) is 8.26. The standard InChI is InChI=1S/C32H33FO9S/c1-17-6-7-23(14-24(17)15-26-12-13-28(43-26)22-8-10-25(33)11-9-22)29-31(40-20(4)36)32(41-21(5)37)30(42-29)27(39-19(3)35)16-38-18(2)34/h6-14,27,29-32H,15-16H2,1-5H3/t27-,29?,30-,31+,32+/m1/s1. The van der Waals surface area contributed by atoms with E-state index in [9.17, 15) is 23.6 Å². The molecule has 0 amide bonds. The van der Waals surface area contributed by atoms with Gasteiger partial charge in [-0.25, -0.2) is 4.39 Å². The summed E-state index contributed by atoms with van der Waals surface area (Å²) in [6.07, 6.45) is -4.80. The number of rotatable bonds is 10. The average Bonchev–Trinajstić information content (AvgIpc) is 3.52. The van der Waals surface area contributed by atoms with Gasteiger partial charge in [-0.1, -0.05) is 30.3 Å². The predicted molar refractivity (Wildman–Crippen MR) is 155 cm³/mol. The van der Waals surface area contributed by atoms with Gasteiger partial charge in [0, 0.05) is 43.9 Å². The number of aryl methyl sites for hydroxylation is 1. The second kappa shape index (κ2) is 13.9. The first-order valence-electron chi connectivity index (χ1n) is 13.7. The molecular formula is C32H33FO9S. The first kappa shape index (κ1) is 31.8. The fraction of sp³-hybridized carbons (Fsp3) is 0.375. The Kier molecular flexibility index (Phi) is 10.3. The number of thiophene rings is 1. The van der Waals surface area contributed by atoms with E-state index in [1.807, 2.05) is 37.3 Å². The van der Waals surface area contributed by atoms with E-state index in [1.165, 1.54) is 39.8 Å². The minimum atomic E-state index is -1.16. The highest BCUT2D eigenvalue weighted by Crippen LogP contribution is 2.40. The van der Waals surface area contributed by atoms with Crippen molar-refractivity contribution in [3.05, 3.63) is 82.0 Å². The molecule has 11 heteroatoms. The third-order valence-corrected chi connectivity index (χ3v) is 7.98. The second-order valence-electron chi connectivity index (χ2n) is 10.3. The molecule has 4 rings (SSSR count). The number of esters is 4. The summed E-state index contributed by atoms with van der Waals surface area (Å²) in [5, 5.41) is 0. The maximum Gasteiger partial charge on any atom is 0.303 e. The molecule has 2 aromatic carbocycles. The van der Waals surface area contributed by atoms with E-state index in [2.05, 4.69) is 0 Å². The predicted octanol–water partition coefficient (Wildman–Crippen LogP) is 5.25. The van der Waals surface area contributed by atoms with Crippen LogP contribution in [-0.2, 0) is 49.3 Å². The van der Waals surface area contributed by atoms with Crippen LogP contribution in [0.2, 0.25) is 0 Å². The molecule has 43 heavy (non-hydrogen) atoms. The number of carbonyl (C=O) groups excluding carboxylic acids is 4. The van der Waals surface area contributed by atoms with E-state index in [1.54, 1.807) is 23.5 Å². The Morgan fingerprint density at radius 2 is 1.53 bits per heavy atom. The van der Waals surface area contributed by atoms with Crippen LogP contribution < -0.4 is 0 Å². The molecule has 1 saturated heterocycles. The summed E-state index contributed by atoms with van der Waals surface area (Å²) in [5.41, 5.74) is 3.57. The van der Waals surface area contributed by atoms with Gasteiger partial charge in [-0.15, -0.1) is 11.3 Å². The first-order chi connectivity index (χ1) is 20.4. The molecule has 5 atom stereocenters. The monoisotopic (exact) mass is 612 g/mol. The topological polar surface area (TPSA) is 114 Å². The van der Waals surface area contributed by atoms with Crippen LogP contribution in [0.15, 0.2) is 54.6 Å². The molecule has 9 nitrogen and oxygen atoms in total. The number of ether oxygens (including phenoxy) is 5. The minimum Gasteiger partial charge on any atom is -0.462 e. The number of hydrogen-bond acceptors (Lipinski definition) is 10. The van der Waals surface area contributed by atoms with Crippen LogP contribution in [0.25, 0.3) is 10.4 Å². The van der Waals surface area contributed by atoms with Gasteiger partial charge in [0.25, 0.3) is 0 Å². The Morgan fingerprint density at radius 3 is 2.16 bits per heavy atom. The van der Waals surface area contributed by atoms with Crippen LogP contribution in [0, 0.1) is 12.7 Å². The SMILES string of the molecule is CC(=O)OC[C@@H](OC(C)=O)[C@H]1OC(c2ccc(C)c(Cc3ccc(-c4ccc(F)cc4)s3)c2)[C@H](OC(C)=O)[C@H]1OC(C)=O. The van der Waals surface area contributed by atoms with Gasteiger partial charge in [-0.3, -0.25) is 19.2 Å². The Balaban J connectivity index is 1.67. The second-order valence-corrected chi connectivity index (χ2v) is 11.4. The molecule has 2 heterocycles.